The number of azo groups is 1. The van der Waals surface area contributed by atoms with E-state index in [4.69, 9.17) is 16.7 Å². The number of rotatable bonds is 4. The van der Waals surface area contributed by atoms with Gasteiger partial charge in [-0.05, 0) is 62.4 Å². The number of nitrogens with zero attached hydrogens (tertiary/aromatic N) is 4. The lowest BCUT2D eigenvalue weighted by atomic mass is 10.3. The highest BCUT2D eigenvalue weighted by Crippen LogP contribution is 2.28. The van der Waals surface area contributed by atoms with Crippen LogP contribution in [0.2, 0.25) is 5.02 Å². The van der Waals surface area contributed by atoms with E-state index in [-0.39, 0.29) is 4.90 Å². The molecule has 1 heterocycles. The van der Waals surface area contributed by atoms with Crippen LogP contribution in [0.4, 0.5) is 11.4 Å². The second-order valence-corrected chi connectivity index (χ2v) is 7.64. The van der Waals surface area contributed by atoms with E-state index < -0.39 is 10.0 Å². The summed E-state index contributed by atoms with van der Waals surface area (Å²) in [7, 11) is -3.73. The molecule has 26 heavy (non-hydrogen) atoms. The van der Waals surface area contributed by atoms with Crippen LogP contribution in [0.5, 0.6) is 0 Å². The van der Waals surface area contributed by atoms with Gasteiger partial charge < -0.3 is 0 Å². The van der Waals surface area contributed by atoms with Gasteiger partial charge in [-0.2, -0.15) is 10.2 Å². The molecule has 0 radical (unpaired) electrons. The molecule has 134 valence electrons. The summed E-state index contributed by atoms with van der Waals surface area (Å²) in [6.45, 7) is 3.74. The van der Waals surface area contributed by atoms with E-state index in [1.165, 1.54) is 24.3 Å². The Kier molecular flexibility index (Phi) is 4.90. The van der Waals surface area contributed by atoms with Crippen LogP contribution < -0.4 is 5.14 Å². The average molecular weight is 390 g/mol. The molecule has 0 aliphatic heterocycles. The molecular formula is C17H16ClN5O2S. The first-order valence-corrected chi connectivity index (χ1v) is 9.55. The topological polar surface area (TPSA) is 103 Å². The maximum Gasteiger partial charge on any atom is 0.238 e. The largest absolute Gasteiger partial charge is 0.238 e. The van der Waals surface area contributed by atoms with E-state index in [0.29, 0.717) is 16.4 Å². The van der Waals surface area contributed by atoms with Crippen LogP contribution in [0, 0.1) is 13.8 Å². The van der Waals surface area contributed by atoms with Crippen molar-refractivity contribution in [3.8, 4) is 5.69 Å². The lowest BCUT2D eigenvalue weighted by molar-refractivity contribution is 0.598. The zero-order chi connectivity index (χ0) is 18.9. The van der Waals surface area contributed by atoms with Crippen molar-refractivity contribution in [1.29, 1.82) is 0 Å². The second-order valence-electron chi connectivity index (χ2n) is 5.65. The first-order chi connectivity index (χ1) is 12.3. The molecule has 0 aliphatic carbocycles. The zero-order valence-electron chi connectivity index (χ0n) is 14.1. The van der Waals surface area contributed by atoms with Crippen molar-refractivity contribution in [3.05, 3.63) is 64.9 Å². The quantitative estimate of drug-likeness (QED) is 0.676. The molecule has 3 aromatic rings. The normalized spacial score (nSPS) is 12.0. The molecule has 0 atom stereocenters. The molecule has 3 rings (SSSR count). The molecular weight excluding hydrogens is 374 g/mol. The van der Waals surface area contributed by atoms with E-state index in [2.05, 4.69) is 15.3 Å². The Morgan fingerprint density at radius 1 is 1.00 bits per heavy atom. The van der Waals surface area contributed by atoms with Crippen LogP contribution in [-0.2, 0) is 10.0 Å². The standard InChI is InChI=1S/C17H16ClN5O2S/c1-11-17(12(2)23(22-11)15-7-3-13(18)4-8-15)21-20-14-5-9-16(10-6-14)26(19,24)25/h3-10H,1-2H3,(H2,19,24,25). The summed E-state index contributed by atoms with van der Waals surface area (Å²) in [4.78, 5) is 0.0272. The Labute approximate surface area is 156 Å². The van der Waals surface area contributed by atoms with Gasteiger partial charge in [-0.1, -0.05) is 11.6 Å². The smallest absolute Gasteiger partial charge is 0.236 e. The number of hydrogen-bond acceptors (Lipinski definition) is 5. The van der Waals surface area contributed by atoms with Gasteiger partial charge in [-0.15, -0.1) is 5.11 Å². The number of sulfonamides is 1. The molecule has 0 fully saturated rings. The van der Waals surface area contributed by atoms with Crippen LogP contribution in [0.3, 0.4) is 0 Å². The van der Waals surface area contributed by atoms with Crippen molar-refractivity contribution in [2.75, 3.05) is 0 Å². The van der Waals surface area contributed by atoms with Gasteiger partial charge in [0.05, 0.1) is 27.7 Å². The molecule has 2 N–H and O–H groups in total. The SMILES string of the molecule is Cc1nn(-c2ccc(Cl)cc2)c(C)c1N=Nc1ccc(S(N)(=O)=O)cc1. The van der Waals surface area contributed by atoms with E-state index in [9.17, 15) is 8.42 Å². The monoisotopic (exact) mass is 389 g/mol. The fraction of sp³-hybridized carbons (Fsp3) is 0.118. The molecule has 1 aromatic heterocycles. The molecule has 7 nitrogen and oxygen atoms in total. The molecule has 0 saturated heterocycles. The Bertz CT molecular complexity index is 1070. The summed E-state index contributed by atoms with van der Waals surface area (Å²) >= 11 is 5.92. The molecule has 9 heteroatoms. The van der Waals surface area contributed by atoms with Gasteiger partial charge in [0.1, 0.15) is 5.69 Å². The Morgan fingerprint density at radius 2 is 1.62 bits per heavy atom. The lowest BCUT2D eigenvalue weighted by Crippen LogP contribution is -2.11. The minimum absolute atomic E-state index is 0.0272. The first kappa shape index (κ1) is 18.2. The van der Waals surface area contributed by atoms with Crippen molar-refractivity contribution in [3.63, 3.8) is 0 Å². The molecule has 0 saturated carbocycles. The molecule has 2 aromatic carbocycles. The minimum atomic E-state index is -3.73. The van der Waals surface area contributed by atoms with Crippen LogP contribution >= 0.6 is 11.6 Å². The van der Waals surface area contributed by atoms with Crippen molar-refractivity contribution in [1.82, 2.24) is 9.78 Å². The van der Waals surface area contributed by atoms with Crippen LogP contribution in [0.25, 0.3) is 5.69 Å². The van der Waals surface area contributed by atoms with E-state index in [0.717, 1.165) is 17.1 Å². The van der Waals surface area contributed by atoms with Gasteiger partial charge in [0, 0.05) is 5.02 Å². The predicted octanol–water partition coefficient (Wildman–Crippen LogP) is 4.21. The second kappa shape index (κ2) is 6.99. The number of nitrogens with two attached hydrogens (primary N) is 1. The fourth-order valence-electron chi connectivity index (χ4n) is 2.42. The molecule has 0 unspecified atom stereocenters. The van der Waals surface area contributed by atoms with Crippen LogP contribution in [0.1, 0.15) is 11.4 Å². The van der Waals surface area contributed by atoms with Crippen molar-refractivity contribution in [2.24, 2.45) is 15.4 Å². The Balaban J connectivity index is 1.90. The van der Waals surface area contributed by atoms with Crippen molar-refractivity contribution >= 4 is 33.0 Å². The van der Waals surface area contributed by atoms with Gasteiger partial charge >= 0.3 is 0 Å². The summed E-state index contributed by atoms with van der Waals surface area (Å²) in [6, 6.07) is 13.2. The zero-order valence-corrected chi connectivity index (χ0v) is 15.7. The molecule has 0 amide bonds. The van der Waals surface area contributed by atoms with Crippen LogP contribution in [-0.4, -0.2) is 18.2 Å². The maximum atomic E-state index is 11.3. The summed E-state index contributed by atoms with van der Waals surface area (Å²) < 4.78 is 24.3. The highest BCUT2D eigenvalue weighted by Gasteiger charge is 2.13. The number of halogens is 1. The number of hydrogen-bond donors (Lipinski definition) is 1. The van der Waals surface area contributed by atoms with Crippen molar-refractivity contribution in [2.45, 2.75) is 18.7 Å². The highest BCUT2D eigenvalue weighted by atomic mass is 35.5. The maximum absolute atomic E-state index is 11.3. The van der Waals surface area contributed by atoms with Crippen LogP contribution in [0.15, 0.2) is 63.7 Å². The fourth-order valence-corrected chi connectivity index (χ4v) is 3.06. The molecule has 0 bridgehead atoms. The highest BCUT2D eigenvalue weighted by molar-refractivity contribution is 7.89. The third kappa shape index (κ3) is 3.82. The summed E-state index contributed by atoms with van der Waals surface area (Å²) in [6.07, 6.45) is 0. The molecule has 0 spiro atoms. The van der Waals surface area contributed by atoms with Gasteiger partial charge in [0.2, 0.25) is 10.0 Å². The number of primary sulfonamides is 1. The third-order valence-electron chi connectivity index (χ3n) is 3.76. The van der Waals surface area contributed by atoms with E-state index in [1.54, 1.807) is 16.8 Å². The van der Waals surface area contributed by atoms with Gasteiger partial charge in [0.25, 0.3) is 0 Å². The summed E-state index contributed by atoms with van der Waals surface area (Å²) in [5.41, 5.74) is 3.58. The Morgan fingerprint density at radius 3 is 2.19 bits per heavy atom. The predicted molar refractivity (Wildman–Crippen MR) is 100 cm³/mol. The summed E-state index contributed by atoms with van der Waals surface area (Å²) in [5, 5.41) is 18.6. The lowest BCUT2D eigenvalue weighted by Gasteiger charge is -2.04. The van der Waals surface area contributed by atoms with E-state index in [1.807, 2.05) is 26.0 Å². The number of aromatic nitrogens is 2. The van der Waals surface area contributed by atoms with Gasteiger partial charge in [-0.3, -0.25) is 0 Å². The first-order valence-electron chi connectivity index (χ1n) is 7.62. The minimum Gasteiger partial charge on any atom is -0.236 e. The summed E-state index contributed by atoms with van der Waals surface area (Å²) in [5.74, 6) is 0. The third-order valence-corrected chi connectivity index (χ3v) is 4.94. The number of aryl methyl sites for hydroxylation is 1. The van der Waals surface area contributed by atoms with E-state index >= 15 is 0 Å². The molecule has 0 aliphatic rings. The number of benzene rings is 2. The Hall–Kier alpha value is -2.55. The van der Waals surface area contributed by atoms with Crippen molar-refractivity contribution < 1.29 is 8.42 Å². The van der Waals surface area contributed by atoms with Gasteiger partial charge in [0.15, 0.2) is 0 Å². The average Bonchev–Trinajstić information content (AvgIpc) is 2.88. The van der Waals surface area contributed by atoms with Gasteiger partial charge in [-0.25, -0.2) is 18.2 Å².